The molecule has 2 rings (SSSR count). The van der Waals surface area contributed by atoms with Crippen LogP contribution in [0.5, 0.6) is 0 Å². The Morgan fingerprint density at radius 1 is 1.38 bits per heavy atom. The third kappa shape index (κ3) is 2.35. The molecule has 0 saturated carbocycles. The Labute approximate surface area is 108 Å². The van der Waals surface area contributed by atoms with E-state index in [-0.39, 0.29) is 6.04 Å². The first kappa shape index (κ1) is 11.8. The van der Waals surface area contributed by atoms with Crippen LogP contribution < -0.4 is 11.3 Å². The lowest BCUT2D eigenvalue weighted by molar-refractivity contribution is 0.636. The first-order valence-corrected chi connectivity index (χ1v) is 6.70. The number of thiophene rings is 1. The molecule has 16 heavy (non-hydrogen) atoms. The minimum atomic E-state index is 0.0422. The van der Waals surface area contributed by atoms with Crippen molar-refractivity contribution in [1.29, 1.82) is 0 Å². The molecule has 84 valence electrons. The molecule has 0 bridgehead atoms. The molecule has 0 fully saturated rings. The van der Waals surface area contributed by atoms with E-state index in [2.05, 4.69) is 63.3 Å². The maximum absolute atomic E-state index is 5.65. The van der Waals surface area contributed by atoms with Gasteiger partial charge in [-0.1, -0.05) is 29.8 Å². The third-order valence-electron chi connectivity index (χ3n) is 2.50. The van der Waals surface area contributed by atoms with Crippen LogP contribution in [0.1, 0.15) is 22.7 Å². The van der Waals surface area contributed by atoms with Crippen LogP contribution in [-0.2, 0) is 0 Å². The Hall–Kier alpha value is -0.680. The van der Waals surface area contributed by atoms with Crippen LogP contribution in [0.15, 0.2) is 39.5 Å². The Kier molecular flexibility index (Phi) is 3.76. The second kappa shape index (κ2) is 5.10. The van der Waals surface area contributed by atoms with Gasteiger partial charge in [0.2, 0.25) is 0 Å². The first-order valence-electron chi connectivity index (χ1n) is 4.96. The van der Waals surface area contributed by atoms with Gasteiger partial charge in [0.1, 0.15) is 0 Å². The van der Waals surface area contributed by atoms with Gasteiger partial charge in [-0.15, -0.1) is 0 Å². The lowest BCUT2D eigenvalue weighted by atomic mass is 10.0. The summed E-state index contributed by atoms with van der Waals surface area (Å²) in [5, 5.41) is 4.17. The number of hydrazine groups is 1. The van der Waals surface area contributed by atoms with Crippen LogP contribution in [0.25, 0.3) is 0 Å². The van der Waals surface area contributed by atoms with Gasteiger partial charge in [0.05, 0.1) is 6.04 Å². The monoisotopic (exact) mass is 296 g/mol. The number of hydrogen-bond acceptors (Lipinski definition) is 3. The summed E-state index contributed by atoms with van der Waals surface area (Å²) in [4.78, 5) is 0. The molecule has 0 aliphatic carbocycles. The SMILES string of the molecule is Cc1cccc(C(NN)c2cscc2Br)c1. The predicted octanol–water partition coefficient (Wildman–Crippen LogP) is 3.37. The minimum Gasteiger partial charge on any atom is -0.271 e. The smallest absolute Gasteiger partial charge is 0.0729 e. The van der Waals surface area contributed by atoms with E-state index >= 15 is 0 Å². The molecule has 2 nitrogen and oxygen atoms in total. The van der Waals surface area contributed by atoms with Gasteiger partial charge in [0, 0.05) is 9.85 Å². The van der Waals surface area contributed by atoms with Gasteiger partial charge in [-0.2, -0.15) is 11.3 Å². The summed E-state index contributed by atoms with van der Waals surface area (Å²) in [7, 11) is 0. The predicted molar refractivity (Wildman–Crippen MR) is 72.4 cm³/mol. The standard InChI is InChI=1S/C12H13BrN2S/c1-8-3-2-4-9(5-8)12(15-14)10-6-16-7-11(10)13/h2-7,12,15H,14H2,1H3. The quantitative estimate of drug-likeness (QED) is 0.673. The molecule has 1 aromatic carbocycles. The molecule has 1 atom stereocenters. The van der Waals surface area contributed by atoms with Gasteiger partial charge in [-0.3, -0.25) is 5.84 Å². The Morgan fingerprint density at radius 2 is 2.19 bits per heavy atom. The fourth-order valence-electron chi connectivity index (χ4n) is 1.71. The van der Waals surface area contributed by atoms with Crippen LogP contribution in [0.3, 0.4) is 0 Å². The van der Waals surface area contributed by atoms with Crippen molar-refractivity contribution >= 4 is 27.3 Å². The molecule has 0 amide bonds. The number of nitrogens with two attached hydrogens (primary N) is 1. The van der Waals surface area contributed by atoms with Crippen molar-refractivity contribution in [1.82, 2.24) is 5.43 Å². The normalized spacial score (nSPS) is 12.7. The van der Waals surface area contributed by atoms with E-state index < -0.39 is 0 Å². The summed E-state index contributed by atoms with van der Waals surface area (Å²) in [6.07, 6.45) is 0. The van der Waals surface area contributed by atoms with Gasteiger partial charge in [0.15, 0.2) is 0 Å². The second-order valence-corrected chi connectivity index (χ2v) is 5.29. The molecule has 0 spiro atoms. The van der Waals surface area contributed by atoms with Crippen molar-refractivity contribution in [3.8, 4) is 0 Å². The molecule has 2 aromatic rings. The molecule has 0 aliphatic rings. The van der Waals surface area contributed by atoms with Crippen LogP contribution >= 0.6 is 27.3 Å². The summed E-state index contributed by atoms with van der Waals surface area (Å²) < 4.78 is 1.10. The Morgan fingerprint density at radius 3 is 2.75 bits per heavy atom. The minimum absolute atomic E-state index is 0.0422. The number of halogens is 1. The highest BCUT2D eigenvalue weighted by Crippen LogP contribution is 2.31. The second-order valence-electron chi connectivity index (χ2n) is 3.69. The molecular formula is C12H13BrN2S. The van der Waals surface area contributed by atoms with E-state index in [4.69, 9.17) is 5.84 Å². The lowest BCUT2D eigenvalue weighted by Crippen LogP contribution is -2.28. The first-order chi connectivity index (χ1) is 7.72. The number of hydrogen-bond donors (Lipinski definition) is 2. The zero-order valence-electron chi connectivity index (χ0n) is 8.91. The number of aryl methyl sites for hydroxylation is 1. The van der Waals surface area contributed by atoms with Crippen LogP contribution in [-0.4, -0.2) is 0 Å². The number of benzene rings is 1. The molecule has 0 saturated heterocycles. The van der Waals surface area contributed by atoms with Crippen molar-refractivity contribution in [3.63, 3.8) is 0 Å². The Balaban J connectivity index is 2.40. The summed E-state index contributed by atoms with van der Waals surface area (Å²) >= 11 is 5.20. The van der Waals surface area contributed by atoms with Crippen molar-refractivity contribution in [2.75, 3.05) is 0 Å². The summed E-state index contributed by atoms with van der Waals surface area (Å²) in [5.41, 5.74) is 6.47. The molecule has 1 aromatic heterocycles. The van der Waals surface area contributed by atoms with Crippen molar-refractivity contribution in [2.24, 2.45) is 5.84 Å². The van der Waals surface area contributed by atoms with Gasteiger partial charge in [-0.05, 0) is 39.4 Å². The largest absolute Gasteiger partial charge is 0.271 e. The fourth-order valence-corrected chi connectivity index (χ4v) is 3.26. The number of rotatable bonds is 3. The molecule has 3 N–H and O–H groups in total. The van der Waals surface area contributed by atoms with Crippen LogP contribution in [0.4, 0.5) is 0 Å². The van der Waals surface area contributed by atoms with Gasteiger partial charge < -0.3 is 0 Å². The zero-order valence-corrected chi connectivity index (χ0v) is 11.3. The van der Waals surface area contributed by atoms with Gasteiger partial charge in [-0.25, -0.2) is 5.43 Å². The van der Waals surface area contributed by atoms with E-state index in [1.165, 1.54) is 16.7 Å². The van der Waals surface area contributed by atoms with E-state index in [1.54, 1.807) is 11.3 Å². The maximum Gasteiger partial charge on any atom is 0.0729 e. The lowest BCUT2D eigenvalue weighted by Gasteiger charge is -2.16. The van der Waals surface area contributed by atoms with Crippen LogP contribution in [0.2, 0.25) is 0 Å². The molecular weight excluding hydrogens is 284 g/mol. The molecule has 1 heterocycles. The highest BCUT2D eigenvalue weighted by atomic mass is 79.9. The summed E-state index contributed by atoms with van der Waals surface area (Å²) in [5.74, 6) is 5.65. The third-order valence-corrected chi connectivity index (χ3v) is 4.25. The average Bonchev–Trinajstić information content (AvgIpc) is 2.67. The summed E-state index contributed by atoms with van der Waals surface area (Å²) in [6.45, 7) is 2.08. The Bertz CT molecular complexity index is 481. The van der Waals surface area contributed by atoms with E-state index in [0.29, 0.717) is 0 Å². The van der Waals surface area contributed by atoms with E-state index in [1.807, 2.05) is 0 Å². The van der Waals surface area contributed by atoms with Gasteiger partial charge in [0.25, 0.3) is 0 Å². The van der Waals surface area contributed by atoms with Crippen molar-refractivity contribution < 1.29 is 0 Å². The molecule has 4 heteroatoms. The van der Waals surface area contributed by atoms with Crippen LogP contribution in [0, 0.1) is 6.92 Å². The molecule has 0 radical (unpaired) electrons. The zero-order chi connectivity index (χ0) is 11.5. The summed E-state index contributed by atoms with van der Waals surface area (Å²) in [6, 6.07) is 8.41. The van der Waals surface area contributed by atoms with Crippen molar-refractivity contribution in [2.45, 2.75) is 13.0 Å². The maximum atomic E-state index is 5.65. The molecule has 0 aliphatic heterocycles. The topological polar surface area (TPSA) is 38.0 Å². The van der Waals surface area contributed by atoms with E-state index in [0.717, 1.165) is 4.47 Å². The fraction of sp³-hybridized carbons (Fsp3) is 0.167. The highest BCUT2D eigenvalue weighted by molar-refractivity contribution is 9.10. The van der Waals surface area contributed by atoms with E-state index in [9.17, 15) is 0 Å². The van der Waals surface area contributed by atoms with Crippen molar-refractivity contribution in [3.05, 3.63) is 56.2 Å². The van der Waals surface area contributed by atoms with Gasteiger partial charge >= 0.3 is 0 Å². The average molecular weight is 297 g/mol. The number of nitrogens with one attached hydrogen (secondary N) is 1. The molecule has 1 unspecified atom stereocenters. The highest BCUT2D eigenvalue weighted by Gasteiger charge is 2.15.